The zero-order chi connectivity index (χ0) is 9.80. The SMILES string of the molecule is COCc1ccc(NC2CSC2)cc1. The van der Waals surface area contributed by atoms with Crippen LogP contribution >= 0.6 is 11.8 Å². The van der Waals surface area contributed by atoms with Crippen molar-refractivity contribution in [2.75, 3.05) is 23.9 Å². The number of hydrogen-bond donors (Lipinski definition) is 1. The summed E-state index contributed by atoms with van der Waals surface area (Å²) in [7, 11) is 1.72. The molecule has 1 aromatic rings. The maximum atomic E-state index is 5.06. The Morgan fingerprint density at radius 1 is 1.36 bits per heavy atom. The van der Waals surface area contributed by atoms with Crippen LogP contribution < -0.4 is 5.32 Å². The van der Waals surface area contributed by atoms with Gasteiger partial charge in [0.1, 0.15) is 0 Å². The molecule has 1 aliphatic rings. The van der Waals surface area contributed by atoms with E-state index >= 15 is 0 Å². The van der Waals surface area contributed by atoms with Crippen LogP contribution in [0.25, 0.3) is 0 Å². The van der Waals surface area contributed by atoms with Crippen LogP contribution in [0.3, 0.4) is 0 Å². The van der Waals surface area contributed by atoms with Crippen LogP contribution in [-0.2, 0) is 11.3 Å². The van der Waals surface area contributed by atoms with E-state index in [2.05, 4.69) is 29.6 Å². The van der Waals surface area contributed by atoms with Crippen LogP contribution in [0.4, 0.5) is 5.69 Å². The highest BCUT2D eigenvalue weighted by Gasteiger charge is 2.16. The molecule has 1 aliphatic heterocycles. The Kier molecular flexibility index (Phi) is 3.32. The van der Waals surface area contributed by atoms with E-state index in [1.807, 2.05) is 11.8 Å². The van der Waals surface area contributed by atoms with Crippen molar-refractivity contribution in [1.82, 2.24) is 0 Å². The van der Waals surface area contributed by atoms with Gasteiger partial charge in [-0.3, -0.25) is 0 Å². The minimum absolute atomic E-state index is 0.674. The third-order valence-electron chi connectivity index (χ3n) is 2.27. The molecule has 1 saturated heterocycles. The molecule has 0 amide bonds. The van der Waals surface area contributed by atoms with Gasteiger partial charge in [0.15, 0.2) is 0 Å². The second-order valence-electron chi connectivity index (χ2n) is 3.51. The Labute approximate surface area is 89.0 Å². The number of ether oxygens (including phenoxy) is 1. The van der Waals surface area contributed by atoms with Gasteiger partial charge in [0, 0.05) is 30.3 Å². The number of anilines is 1. The summed E-state index contributed by atoms with van der Waals surface area (Å²) in [5, 5.41) is 3.49. The molecule has 1 heterocycles. The van der Waals surface area contributed by atoms with Crippen LogP contribution in [0.5, 0.6) is 0 Å². The molecule has 76 valence electrons. The fourth-order valence-corrected chi connectivity index (χ4v) is 2.06. The van der Waals surface area contributed by atoms with Crippen molar-refractivity contribution in [3.8, 4) is 0 Å². The Morgan fingerprint density at radius 3 is 2.57 bits per heavy atom. The number of thioether (sulfide) groups is 1. The van der Waals surface area contributed by atoms with Crippen molar-refractivity contribution in [3.63, 3.8) is 0 Å². The van der Waals surface area contributed by atoms with Gasteiger partial charge in [0.25, 0.3) is 0 Å². The fraction of sp³-hybridized carbons (Fsp3) is 0.455. The van der Waals surface area contributed by atoms with E-state index in [4.69, 9.17) is 4.74 Å². The maximum absolute atomic E-state index is 5.06. The fourth-order valence-electron chi connectivity index (χ4n) is 1.42. The lowest BCUT2D eigenvalue weighted by atomic mass is 10.2. The highest BCUT2D eigenvalue weighted by molar-refractivity contribution is 8.00. The second-order valence-corrected chi connectivity index (χ2v) is 4.58. The Bertz CT molecular complexity index is 282. The molecular weight excluding hydrogens is 194 g/mol. The zero-order valence-corrected chi connectivity index (χ0v) is 9.14. The number of rotatable bonds is 4. The predicted octanol–water partition coefficient (Wildman–Crippen LogP) is 2.36. The molecule has 2 nitrogen and oxygen atoms in total. The summed E-state index contributed by atoms with van der Waals surface area (Å²) >= 11 is 1.99. The summed E-state index contributed by atoms with van der Waals surface area (Å²) in [6.45, 7) is 0.694. The summed E-state index contributed by atoms with van der Waals surface area (Å²) in [5.41, 5.74) is 2.44. The molecule has 3 heteroatoms. The summed E-state index contributed by atoms with van der Waals surface area (Å²) in [5.74, 6) is 2.47. The van der Waals surface area contributed by atoms with Crippen molar-refractivity contribution in [2.45, 2.75) is 12.6 Å². The normalized spacial score (nSPS) is 16.4. The Balaban J connectivity index is 1.91. The number of nitrogens with one attached hydrogen (secondary N) is 1. The highest BCUT2D eigenvalue weighted by atomic mass is 32.2. The number of hydrogen-bond acceptors (Lipinski definition) is 3. The lowest BCUT2D eigenvalue weighted by Gasteiger charge is -2.27. The lowest BCUT2D eigenvalue weighted by Crippen LogP contribution is -2.33. The third-order valence-corrected chi connectivity index (χ3v) is 3.55. The van der Waals surface area contributed by atoms with Crippen molar-refractivity contribution in [2.24, 2.45) is 0 Å². The molecule has 0 spiro atoms. The van der Waals surface area contributed by atoms with Crippen molar-refractivity contribution >= 4 is 17.4 Å². The van der Waals surface area contributed by atoms with E-state index in [0.717, 1.165) is 0 Å². The standard InChI is InChI=1S/C11H15NOS/c1-13-6-9-2-4-10(5-3-9)12-11-7-14-8-11/h2-5,11-12H,6-8H2,1H3. The summed E-state index contributed by atoms with van der Waals surface area (Å²) in [4.78, 5) is 0. The molecule has 0 bridgehead atoms. The van der Waals surface area contributed by atoms with Crippen LogP contribution in [-0.4, -0.2) is 24.7 Å². The first-order valence-electron chi connectivity index (χ1n) is 4.80. The van der Waals surface area contributed by atoms with E-state index in [0.29, 0.717) is 12.6 Å². The number of methoxy groups -OCH3 is 1. The highest BCUT2D eigenvalue weighted by Crippen LogP contribution is 2.22. The van der Waals surface area contributed by atoms with Gasteiger partial charge in [-0.15, -0.1) is 0 Å². The van der Waals surface area contributed by atoms with Crippen molar-refractivity contribution in [1.29, 1.82) is 0 Å². The first-order chi connectivity index (χ1) is 6.88. The Hall–Kier alpha value is -0.670. The van der Waals surface area contributed by atoms with Gasteiger partial charge in [-0.25, -0.2) is 0 Å². The number of benzene rings is 1. The van der Waals surface area contributed by atoms with Crippen LogP contribution in [0.1, 0.15) is 5.56 Å². The van der Waals surface area contributed by atoms with Gasteiger partial charge in [-0.2, -0.15) is 11.8 Å². The molecule has 2 rings (SSSR count). The second kappa shape index (κ2) is 4.71. The monoisotopic (exact) mass is 209 g/mol. The molecule has 14 heavy (non-hydrogen) atoms. The quantitative estimate of drug-likeness (QED) is 0.822. The van der Waals surface area contributed by atoms with Crippen molar-refractivity contribution in [3.05, 3.63) is 29.8 Å². The lowest BCUT2D eigenvalue weighted by molar-refractivity contribution is 0.185. The first-order valence-corrected chi connectivity index (χ1v) is 5.96. The van der Waals surface area contributed by atoms with Gasteiger partial charge >= 0.3 is 0 Å². The smallest absolute Gasteiger partial charge is 0.0713 e. The minimum Gasteiger partial charge on any atom is -0.381 e. The van der Waals surface area contributed by atoms with Gasteiger partial charge in [0.2, 0.25) is 0 Å². The van der Waals surface area contributed by atoms with E-state index < -0.39 is 0 Å². The predicted molar refractivity (Wildman–Crippen MR) is 61.9 cm³/mol. The van der Waals surface area contributed by atoms with Crippen LogP contribution in [0, 0.1) is 0 Å². The van der Waals surface area contributed by atoms with E-state index in [9.17, 15) is 0 Å². The van der Waals surface area contributed by atoms with Gasteiger partial charge in [-0.1, -0.05) is 12.1 Å². The average Bonchev–Trinajstić information content (AvgIpc) is 2.14. The van der Waals surface area contributed by atoms with Crippen LogP contribution in [0.15, 0.2) is 24.3 Å². The summed E-state index contributed by atoms with van der Waals surface area (Å²) in [6.07, 6.45) is 0. The molecule has 0 saturated carbocycles. The summed E-state index contributed by atoms with van der Waals surface area (Å²) < 4.78 is 5.06. The Morgan fingerprint density at radius 2 is 2.07 bits per heavy atom. The average molecular weight is 209 g/mol. The molecule has 0 radical (unpaired) electrons. The van der Waals surface area contributed by atoms with E-state index in [-0.39, 0.29) is 0 Å². The molecular formula is C11H15NOS. The van der Waals surface area contributed by atoms with Gasteiger partial charge in [-0.05, 0) is 17.7 Å². The largest absolute Gasteiger partial charge is 0.381 e. The minimum atomic E-state index is 0.674. The van der Waals surface area contributed by atoms with E-state index in [1.54, 1.807) is 7.11 Å². The first kappa shape index (κ1) is 9.87. The third kappa shape index (κ3) is 2.42. The molecule has 0 aliphatic carbocycles. The zero-order valence-electron chi connectivity index (χ0n) is 8.32. The molecule has 0 atom stereocenters. The topological polar surface area (TPSA) is 21.3 Å². The van der Waals surface area contributed by atoms with Crippen molar-refractivity contribution < 1.29 is 4.74 Å². The molecule has 1 aromatic carbocycles. The maximum Gasteiger partial charge on any atom is 0.0713 e. The van der Waals surface area contributed by atoms with E-state index in [1.165, 1.54) is 22.8 Å². The van der Waals surface area contributed by atoms with Gasteiger partial charge < -0.3 is 10.1 Å². The van der Waals surface area contributed by atoms with Crippen LogP contribution in [0.2, 0.25) is 0 Å². The summed E-state index contributed by atoms with van der Waals surface area (Å²) in [6, 6.07) is 9.14. The molecule has 1 fully saturated rings. The molecule has 0 unspecified atom stereocenters. The van der Waals surface area contributed by atoms with Gasteiger partial charge in [0.05, 0.1) is 6.61 Å². The molecule has 1 N–H and O–H groups in total. The molecule has 0 aromatic heterocycles.